The first kappa shape index (κ1) is 16.5. The minimum atomic E-state index is 0.835. The topological polar surface area (TPSA) is 12.0 Å². The lowest BCUT2D eigenvalue weighted by Crippen LogP contribution is -2.34. The van der Waals surface area contributed by atoms with Crippen molar-refractivity contribution in [1.29, 1.82) is 0 Å². The van der Waals surface area contributed by atoms with Crippen molar-refractivity contribution in [2.45, 2.75) is 53.4 Å². The number of hydrogen-bond donors (Lipinski definition) is 1. The molecular formula is C20H33N. The van der Waals surface area contributed by atoms with Gasteiger partial charge >= 0.3 is 0 Å². The molecule has 1 saturated carbocycles. The van der Waals surface area contributed by atoms with E-state index in [9.17, 15) is 0 Å². The van der Waals surface area contributed by atoms with Gasteiger partial charge in [-0.15, -0.1) is 0 Å². The van der Waals surface area contributed by atoms with Gasteiger partial charge in [-0.25, -0.2) is 0 Å². The summed E-state index contributed by atoms with van der Waals surface area (Å²) in [5.74, 6) is 3.46. The standard InChI is InChI=1S/C20H33N/c1-14(2)17-8-9-18(13-21-5)20(11-17)12-19-10-15(3)6-7-16(19)4/h6-7,10,14,17-18,20-21H,8-9,11-13H2,1-5H3. The summed E-state index contributed by atoms with van der Waals surface area (Å²) in [5, 5.41) is 3.42. The molecule has 1 aliphatic rings. The van der Waals surface area contributed by atoms with E-state index in [1.165, 1.54) is 43.4 Å². The third-order valence-corrected chi connectivity index (χ3v) is 5.58. The summed E-state index contributed by atoms with van der Waals surface area (Å²) >= 11 is 0. The zero-order valence-electron chi connectivity index (χ0n) is 14.6. The summed E-state index contributed by atoms with van der Waals surface area (Å²) < 4.78 is 0. The summed E-state index contributed by atoms with van der Waals surface area (Å²) in [6.07, 6.45) is 5.51. The molecule has 1 aliphatic carbocycles. The normalized spacial score (nSPS) is 26.3. The fraction of sp³-hybridized carbons (Fsp3) is 0.700. The van der Waals surface area contributed by atoms with Crippen LogP contribution < -0.4 is 5.32 Å². The predicted octanol–water partition coefficient (Wildman–Crippen LogP) is 4.75. The average molecular weight is 287 g/mol. The van der Waals surface area contributed by atoms with Crippen LogP contribution in [0.25, 0.3) is 0 Å². The largest absolute Gasteiger partial charge is 0.319 e. The van der Waals surface area contributed by atoms with Crippen LogP contribution in [0.3, 0.4) is 0 Å². The molecule has 0 heterocycles. The van der Waals surface area contributed by atoms with E-state index in [0.29, 0.717) is 0 Å². The molecule has 118 valence electrons. The van der Waals surface area contributed by atoms with Gasteiger partial charge in [-0.3, -0.25) is 0 Å². The maximum Gasteiger partial charge on any atom is -0.00208 e. The Labute approximate surface area is 131 Å². The van der Waals surface area contributed by atoms with Crippen LogP contribution in [-0.4, -0.2) is 13.6 Å². The first-order chi connectivity index (χ1) is 10.0. The third-order valence-electron chi connectivity index (χ3n) is 5.58. The highest BCUT2D eigenvalue weighted by Gasteiger charge is 2.31. The van der Waals surface area contributed by atoms with Crippen molar-refractivity contribution < 1.29 is 0 Å². The van der Waals surface area contributed by atoms with Crippen molar-refractivity contribution >= 4 is 0 Å². The molecular weight excluding hydrogens is 254 g/mol. The quantitative estimate of drug-likeness (QED) is 0.823. The van der Waals surface area contributed by atoms with Crippen LogP contribution in [0.5, 0.6) is 0 Å². The van der Waals surface area contributed by atoms with E-state index in [0.717, 1.165) is 23.7 Å². The van der Waals surface area contributed by atoms with E-state index in [1.807, 2.05) is 0 Å². The SMILES string of the molecule is CNCC1CCC(C(C)C)CC1Cc1cc(C)ccc1C. The smallest absolute Gasteiger partial charge is 0.00208 e. The number of benzene rings is 1. The molecule has 0 spiro atoms. The number of nitrogens with one attached hydrogen (secondary N) is 1. The minimum Gasteiger partial charge on any atom is -0.319 e. The highest BCUT2D eigenvalue weighted by Crippen LogP contribution is 2.39. The van der Waals surface area contributed by atoms with Gasteiger partial charge in [0.25, 0.3) is 0 Å². The molecule has 0 saturated heterocycles. The molecule has 0 aliphatic heterocycles. The second-order valence-electron chi connectivity index (χ2n) is 7.53. The van der Waals surface area contributed by atoms with Crippen molar-refractivity contribution in [3.8, 4) is 0 Å². The molecule has 0 bridgehead atoms. The van der Waals surface area contributed by atoms with Crippen molar-refractivity contribution in [2.24, 2.45) is 23.7 Å². The van der Waals surface area contributed by atoms with Gasteiger partial charge in [0.2, 0.25) is 0 Å². The molecule has 0 aromatic heterocycles. The van der Waals surface area contributed by atoms with Crippen LogP contribution in [0.2, 0.25) is 0 Å². The molecule has 1 heteroatoms. The Morgan fingerprint density at radius 3 is 2.57 bits per heavy atom. The van der Waals surface area contributed by atoms with Gasteiger partial charge in [-0.05, 0) is 87.9 Å². The van der Waals surface area contributed by atoms with E-state index >= 15 is 0 Å². The van der Waals surface area contributed by atoms with E-state index < -0.39 is 0 Å². The predicted molar refractivity (Wildman–Crippen MR) is 92.7 cm³/mol. The fourth-order valence-corrected chi connectivity index (χ4v) is 4.05. The Bertz CT molecular complexity index is 449. The van der Waals surface area contributed by atoms with E-state index in [4.69, 9.17) is 0 Å². The van der Waals surface area contributed by atoms with Crippen molar-refractivity contribution in [1.82, 2.24) is 5.32 Å². The lowest BCUT2D eigenvalue weighted by molar-refractivity contribution is 0.146. The van der Waals surface area contributed by atoms with Gasteiger partial charge in [0.15, 0.2) is 0 Å². The van der Waals surface area contributed by atoms with Gasteiger partial charge in [0, 0.05) is 0 Å². The van der Waals surface area contributed by atoms with Crippen LogP contribution in [0.4, 0.5) is 0 Å². The van der Waals surface area contributed by atoms with Gasteiger partial charge < -0.3 is 5.32 Å². The minimum absolute atomic E-state index is 0.835. The second-order valence-corrected chi connectivity index (χ2v) is 7.53. The van der Waals surface area contributed by atoms with Gasteiger partial charge in [-0.1, -0.05) is 37.6 Å². The van der Waals surface area contributed by atoms with Crippen LogP contribution >= 0.6 is 0 Å². The molecule has 1 nitrogen and oxygen atoms in total. The van der Waals surface area contributed by atoms with E-state index in [1.54, 1.807) is 5.56 Å². The Morgan fingerprint density at radius 2 is 1.90 bits per heavy atom. The Morgan fingerprint density at radius 1 is 1.14 bits per heavy atom. The Kier molecular flexibility index (Phi) is 5.87. The second kappa shape index (κ2) is 7.45. The number of rotatable bonds is 5. The number of aryl methyl sites for hydroxylation is 2. The lowest BCUT2D eigenvalue weighted by atomic mass is 9.68. The Hall–Kier alpha value is -0.820. The molecule has 1 fully saturated rings. The molecule has 0 radical (unpaired) electrons. The Balaban J connectivity index is 2.13. The van der Waals surface area contributed by atoms with Crippen molar-refractivity contribution in [2.75, 3.05) is 13.6 Å². The molecule has 3 unspecified atom stereocenters. The van der Waals surface area contributed by atoms with Crippen molar-refractivity contribution in [3.05, 3.63) is 34.9 Å². The van der Waals surface area contributed by atoms with Gasteiger partial charge in [0.1, 0.15) is 0 Å². The zero-order valence-corrected chi connectivity index (χ0v) is 14.6. The first-order valence-electron chi connectivity index (χ1n) is 8.72. The highest BCUT2D eigenvalue weighted by molar-refractivity contribution is 5.31. The first-order valence-corrected chi connectivity index (χ1v) is 8.72. The van der Waals surface area contributed by atoms with Gasteiger partial charge in [0.05, 0.1) is 0 Å². The van der Waals surface area contributed by atoms with Gasteiger partial charge in [-0.2, -0.15) is 0 Å². The maximum atomic E-state index is 3.42. The van der Waals surface area contributed by atoms with Crippen LogP contribution in [-0.2, 0) is 6.42 Å². The fourth-order valence-electron chi connectivity index (χ4n) is 4.05. The van der Waals surface area contributed by atoms with E-state index in [2.05, 4.69) is 58.3 Å². The average Bonchev–Trinajstić information content (AvgIpc) is 2.44. The maximum absolute atomic E-state index is 3.42. The third kappa shape index (κ3) is 4.32. The summed E-state index contributed by atoms with van der Waals surface area (Å²) in [6.45, 7) is 10.5. The summed E-state index contributed by atoms with van der Waals surface area (Å²) in [4.78, 5) is 0. The molecule has 0 amide bonds. The number of hydrogen-bond acceptors (Lipinski definition) is 1. The van der Waals surface area contributed by atoms with Crippen LogP contribution in [0.1, 0.15) is 49.8 Å². The van der Waals surface area contributed by atoms with Crippen molar-refractivity contribution in [3.63, 3.8) is 0 Å². The molecule has 1 N–H and O–H groups in total. The lowest BCUT2D eigenvalue weighted by Gasteiger charge is -2.38. The van der Waals surface area contributed by atoms with Crippen LogP contribution in [0, 0.1) is 37.5 Å². The molecule has 1 aromatic rings. The monoisotopic (exact) mass is 287 g/mol. The summed E-state index contributed by atoms with van der Waals surface area (Å²) in [6, 6.07) is 6.94. The summed E-state index contributed by atoms with van der Waals surface area (Å²) in [5.41, 5.74) is 4.44. The molecule has 21 heavy (non-hydrogen) atoms. The molecule has 3 atom stereocenters. The van der Waals surface area contributed by atoms with E-state index in [-0.39, 0.29) is 0 Å². The van der Waals surface area contributed by atoms with Crippen LogP contribution in [0.15, 0.2) is 18.2 Å². The zero-order chi connectivity index (χ0) is 15.4. The molecule has 2 rings (SSSR count). The summed E-state index contributed by atoms with van der Waals surface area (Å²) in [7, 11) is 2.10. The molecule has 1 aromatic carbocycles. The highest BCUT2D eigenvalue weighted by atomic mass is 14.8.